The maximum atomic E-state index is 13.0. The van der Waals surface area contributed by atoms with Gasteiger partial charge < -0.3 is 9.47 Å². The summed E-state index contributed by atoms with van der Waals surface area (Å²) in [6.45, 7) is 2.58. The lowest BCUT2D eigenvalue weighted by Gasteiger charge is -2.16. The van der Waals surface area contributed by atoms with Crippen molar-refractivity contribution in [2.75, 3.05) is 14.2 Å². The zero-order chi connectivity index (χ0) is 22.2. The number of carbonyl (C=O) groups excluding carboxylic acids is 1. The van der Waals surface area contributed by atoms with Crippen molar-refractivity contribution in [2.24, 2.45) is 10.2 Å². The number of methoxy groups -OCH3 is 2. The SMILES string of the molecule is CCCCC1S/C(=N\N=C\c2cc(Br)ccc2OC)N(Cc2ccc(OC)cc2)C1=O. The van der Waals surface area contributed by atoms with E-state index in [0.29, 0.717) is 17.5 Å². The van der Waals surface area contributed by atoms with Gasteiger partial charge in [-0.15, -0.1) is 5.10 Å². The quantitative estimate of drug-likeness (QED) is 0.335. The van der Waals surface area contributed by atoms with Crippen LogP contribution in [0, 0.1) is 0 Å². The van der Waals surface area contributed by atoms with E-state index in [1.54, 1.807) is 25.3 Å². The smallest absolute Gasteiger partial charge is 0.242 e. The standard InChI is InChI=1S/C23H26BrN3O3S/c1-4-5-6-21-22(28)27(15-16-7-10-19(29-2)11-8-16)23(31-21)26-25-14-17-13-18(24)9-12-20(17)30-3/h7-14,21H,4-6,15H2,1-3H3/b25-14+,26-23-. The highest BCUT2D eigenvalue weighted by Crippen LogP contribution is 2.32. The van der Waals surface area contributed by atoms with E-state index in [0.717, 1.165) is 40.6 Å². The summed E-state index contributed by atoms with van der Waals surface area (Å²) in [5.41, 5.74) is 1.82. The molecule has 1 amide bonds. The summed E-state index contributed by atoms with van der Waals surface area (Å²) in [7, 11) is 3.25. The number of halogens is 1. The first-order chi connectivity index (χ1) is 15.0. The highest BCUT2D eigenvalue weighted by molar-refractivity contribution is 9.10. The van der Waals surface area contributed by atoms with E-state index in [1.807, 2.05) is 42.5 Å². The van der Waals surface area contributed by atoms with Crippen molar-refractivity contribution >= 4 is 45.0 Å². The molecule has 6 nitrogen and oxygen atoms in total. The van der Waals surface area contributed by atoms with Crippen LogP contribution < -0.4 is 9.47 Å². The fourth-order valence-corrected chi connectivity index (χ4v) is 4.69. The number of ether oxygens (including phenoxy) is 2. The maximum absolute atomic E-state index is 13.0. The van der Waals surface area contributed by atoms with Gasteiger partial charge in [0.25, 0.3) is 0 Å². The monoisotopic (exact) mass is 503 g/mol. The molecule has 1 fully saturated rings. The Morgan fingerprint density at radius 1 is 1.16 bits per heavy atom. The average molecular weight is 504 g/mol. The molecule has 31 heavy (non-hydrogen) atoms. The molecule has 0 saturated carbocycles. The van der Waals surface area contributed by atoms with E-state index >= 15 is 0 Å². The molecule has 3 rings (SSSR count). The van der Waals surface area contributed by atoms with Crippen molar-refractivity contribution in [1.29, 1.82) is 0 Å². The number of thioether (sulfide) groups is 1. The lowest BCUT2D eigenvalue weighted by Crippen LogP contribution is -2.31. The van der Waals surface area contributed by atoms with Crippen LogP contribution in [-0.4, -0.2) is 41.7 Å². The number of benzene rings is 2. The van der Waals surface area contributed by atoms with Crippen molar-refractivity contribution in [3.63, 3.8) is 0 Å². The van der Waals surface area contributed by atoms with Crippen molar-refractivity contribution in [3.8, 4) is 11.5 Å². The normalized spacial score (nSPS) is 17.7. The van der Waals surface area contributed by atoms with Crippen LogP contribution in [0.2, 0.25) is 0 Å². The highest BCUT2D eigenvalue weighted by Gasteiger charge is 2.37. The van der Waals surface area contributed by atoms with Gasteiger partial charge in [-0.2, -0.15) is 5.10 Å². The van der Waals surface area contributed by atoms with Gasteiger partial charge in [-0.25, -0.2) is 0 Å². The van der Waals surface area contributed by atoms with E-state index in [9.17, 15) is 4.79 Å². The molecule has 2 aromatic rings. The van der Waals surface area contributed by atoms with E-state index < -0.39 is 0 Å². The predicted molar refractivity (Wildman–Crippen MR) is 130 cm³/mol. The van der Waals surface area contributed by atoms with Crippen LogP contribution in [0.15, 0.2) is 57.1 Å². The summed E-state index contributed by atoms with van der Waals surface area (Å²) in [6, 6.07) is 13.4. The van der Waals surface area contributed by atoms with Gasteiger partial charge in [0.2, 0.25) is 5.91 Å². The van der Waals surface area contributed by atoms with Gasteiger partial charge in [0.1, 0.15) is 11.5 Å². The summed E-state index contributed by atoms with van der Waals surface area (Å²) in [5.74, 6) is 1.58. The molecule has 0 spiro atoms. The molecule has 1 aliphatic heterocycles. The van der Waals surface area contributed by atoms with Crippen LogP contribution in [0.3, 0.4) is 0 Å². The van der Waals surface area contributed by atoms with Crippen LogP contribution >= 0.6 is 27.7 Å². The molecular weight excluding hydrogens is 478 g/mol. The van der Waals surface area contributed by atoms with Crippen LogP contribution in [0.4, 0.5) is 0 Å². The number of amidine groups is 1. The van der Waals surface area contributed by atoms with Gasteiger partial charge in [-0.05, 0) is 42.3 Å². The molecule has 1 unspecified atom stereocenters. The fraction of sp³-hybridized carbons (Fsp3) is 0.348. The van der Waals surface area contributed by atoms with E-state index in [2.05, 4.69) is 33.1 Å². The Bertz CT molecular complexity index is 963. The minimum Gasteiger partial charge on any atom is -0.497 e. The fourth-order valence-electron chi connectivity index (χ4n) is 3.16. The lowest BCUT2D eigenvalue weighted by molar-refractivity contribution is -0.126. The van der Waals surface area contributed by atoms with Crippen molar-refractivity contribution in [2.45, 2.75) is 38.0 Å². The molecule has 1 aliphatic rings. The van der Waals surface area contributed by atoms with Crippen LogP contribution in [0.25, 0.3) is 0 Å². The number of amides is 1. The molecule has 0 aliphatic carbocycles. The lowest BCUT2D eigenvalue weighted by atomic mass is 10.1. The number of hydrogen-bond acceptors (Lipinski definition) is 6. The number of nitrogens with zero attached hydrogens (tertiary/aromatic N) is 3. The predicted octanol–water partition coefficient (Wildman–Crippen LogP) is 5.49. The third-order valence-corrected chi connectivity index (χ3v) is 6.60. The zero-order valence-corrected chi connectivity index (χ0v) is 20.3. The minimum absolute atomic E-state index is 0.0863. The molecule has 2 aromatic carbocycles. The largest absolute Gasteiger partial charge is 0.497 e. The maximum Gasteiger partial charge on any atom is 0.242 e. The summed E-state index contributed by atoms with van der Waals surface area (Å²) in [6.07, 6.45) is 4.54. The van der Waals surface area contributed by atoms with Gasteiger partial charge in [0.05, 0.1) is 32.2 Å². The Morgan fingerprint density at radius 2 is 1.94 bits per heavy atom. The van der Waals surface area contributed by atoms with Crippen molar-refractivity contribution in [1.82, 2.24) is 4.90 Å². The Labute approximate surface area is 195 Å². The van der Waals surface area contributed by atoms with E-state index in [1.165, 1.54) is 11.8 Å². The van der Waals surface area contributed by atoms with E-state index in [-0.39, 0.29) is 11.2 Å². The molecule has 164 valence electrons. The van der Waals surface area contributed by atoms with Gasteiger partial charge >= 0.3 is 0 Å². The molecule has 0 aromatic heterocycles. The van der Waals surface area contributed by atoms with Gasteiger partial charge in [-0.1, -0.05) is 59.6 Å². The topological polar surface area (TPSA) is 63.5 Å². The van der Waals surface area contributed by atoms with Crippen molar-refractivity contribution in [3.05, 3.63) is 58.1 Å². The zero-order valence-electron chi connectivity index (χ0n) is 17.9. The molecule has 0 bridgehead atoms. The second-order valence-electron chi connectivity index (χ2n) is 7.03. The second-order valence-corrected chi connectivity index (χ2v) is 9.12. The summed E-state index contributed by atoms with van der Waals surface area (Å²) < 4.78 is 11.5. The molecule has 0 N–H and O–H groups in total. The molecule has 8 heteroatoms. The Morgan fingerprint density at radius 3 is 2.61 bits per heavy atom. The van der Waals surface area contributed by atoms with Gasteiger partial charge in [-0.3, -0.25) is 9.69 Å². The van der Waals surface area contributed by atoms with Gasteiger partial charge in [0, 0.05) is 10.0 Å². The second kappa shape index (κ2) is 11.3. The molecule has 0 radical (unpaired) electrons. The molecular formula is C23H26BrN3O3S. The number of carbonyl (C=O) groups is 1. The summed E-state index contributed by atoms with van der Waals surface area (Å²) >= 11 is 4.95. The van der Waals surface area contributed by atoms with Crippen LogP contribution in [0.1, 0.15) is 37.3 Å². The third kappa shape index (κ3) is 6.11. The van der Waals surface area contributed by atoms with Crippen LogP contribution in [0.5, 0.6) is 11.5 Å². The van der Waals surface area contributed by atoms with E-state index in [4.69, 9.17) is 9.47 Å². The van der Waals surface area contributed by atoms with Crippen molar-refractivity contribution < 1.29 is 14.3 Å². The highest BCUT2D eigenvalue weighted by atomic mass is 79.9. The first-order valence-electron chi connectivity index (χ1n) is 10.1. The first-order valence-corrected chi connectivity index (χ1v) is 11.8. The summed E-state index contributed by atoms with van der Waals surface area (Å²) in [4.78, 5) is 14.8. The minimum atomic E-state index is -0.118. The summed E-state index contributed by atoms with van der Waals surface area (Å²) in [5, 5.41) is 9.17. The average Bonchev–Trinajstić information content (AvgIpc) is 3.07. The Balaban J connectivity index is 1.83. The molecule has 1 heterocycles. The Kier molecular flexibility index (Phi) is 8.54. The number of rotatable bonds is 9. The first kappa shape index (κ1) is 23.3. The number of unbranched alkanes of at least 4 members (excludes halogenated alkanes) is 1. The Hall–Kier alpha value is -2.32. The third-order valence-electron chi connectivity index (χ3n) is 4.87. The van der Waals surface area contributed by atoms with Crippen LogP contribution in [-0.2, 0) is 11.3 Å². The number of hydrogen-bond donors (Lipinski definition) is 0. The van der Waals surface area contributed by atoms with Gasteiger partial charge in [0.15, 0.2) is 5.17 Å². The molecule has 1 atom stereocenters. The molecule has 1 saturated heterocycles.